The third-order valence-corrected chi connectivity index (χ3v) is 8.33. The Morgan fingerprint density at radius 1 is 1.19 bits per heavy atom. The molecule has 3 heterocycles. The second-order valence-electron chi connectivity index (χ2n) is 9.18. The van der Waals surface area contributed by atoms with E-state index in [0.717, 1.165) is 17.8 Å². The maximum atomic E-state index is 13.7. The highest BCUT2D eigenvalue weighted by Gasteiger charge is 2.36. The van der Waals surface area contributed by atoms with E-state index in [-0.39, 0.29) is 17.3 Å². The largest absolute Gasteiger partial charge is 0.361 e. The molecule has 10 nitrogen and oxygen atoms in total. The van der Waals surface area contributed by atoms with Gasteiger partial charge in [-0.05, 0) is 56.5 Å². The van der Waals surface area contributed by atoms with Gasteiger partial charge < -0.3 is 14.4 Å². The first-order chi connectivity index (χ1) is 17.2. The zero-order valence-electron chi connectivity index (χ0n) is 20.4. The lowest BCUT2D eigenvalue weighted by Gasteiger charge is -2.21. The summed E-state index contributed by atoms with van der Waals surface area (Å²) in [5.74, 6) is 0.683. The topological polar surface area (TPSA) is 132 Å². The van der Waals surface area contributed by atoms with E-state index in [1.807, 2.05) is 30.8 Å². The van der Waals surface area contributed by atoms with Crippen LogP contribution in [0.5, 0.6) is 0 Å². The third-order valence-electron chi connectivity index (χ3n) is 6.80. The van der Waals surface area contributed by atoms with Crippen LogP contribution in [0.1, 0.15) is 36.5 Å². The number of nitrogens with one attached hydrogen (secondary N) is 2. The molecule has 0 saturated heterocycles. The fourth-order valence-electron chi connectivity index (χ4n) is 4.95. The van der Waals surface area contributed by atoms with Crippen molar-refractivity contribution in [2.24, 2.45) is 13.0 Å². The number of amides is 1. The van der Waals surface area contributed by atoms with E-state index in [4.69, 9.17) is 4.52 Å². The standard InChI is InChI=1S/C25H28N6O4S/c1-15-24(16(2)35-29-15)17-12-21-18(7-5-9-26-21)22(13-17)36(33,34)30-20-8-4-6-19(20)25(32)28-14-23-27-10-11-31(23)3/h5,7,9-13,19-20,30H,4,6,8,14H2,1-3H3,(H,28,32)/t19-,20-/m1/s1. The molecule has 0 bridgehead atoms. The Morgan fingerprint density at radius 2 is 2.03 bits per heavy atom. The Balaban J connectivity index is 1.44. The molecule has 1 saturated carbocycles. The van der Waals surface area contributed by atoms with Crippen LogP contribution in [0.3, 0.4) is 0 Å². The second-order valence-corrected chi connectivity index (χ2v) is 10.9. The molecule has 1 aliphatic rings. The van der Waals surface area contributed by atoms with Crippen LogP contribution in [0.25, 0.3) is 22.0 Å². The monoisotopic (exact) mass is 508 g/mol. The van der Waals surface area contributed by atoms with Gasteiger partial charge in [-0.3, -0.25) is 9.78 Å². The van der Waals surface area contributed by atoms with Crippen molar-refractivity contribution in [3.8, 4) is 11.1 Å². The molecule has 36 heavy (non-hydrogen) atoms. The first-order valence-corrected chi connectivity index (χ1v) is 13.3. The number of imidazole rings is 1. The smallest absolute Gasteiger partial charge is 0.241 e. The zero-order chi connectivity index (χ0) is 25.4. The molecule has 0 spiro atoms. The quantitative estimate of drug-likeness (QED) is 0.392. The van der Waals surface area contributed by atoms with E-state index in [1.54, 1.807) is 37.5 Å². The number of sulfonamides is 1. The van der Waals surface area contributed by atoms with Crippen LogP contribution in [0.2, 0.25) is 0 Å². The lowest BCUT2D eigenvalue weighted by Crippen LogP contribution is -2.44. The van der Waals surface area contributed by atoms with Gasteiger partial charge in [-0.2, -0.15) is 0 Å². The summed E-state index contributed by atoms with van der Waals surface area (Å²) < 4.78 is 37.4. The number of benzene rings is 1. The highest BCUT2D eigenvalue weighted by Crippen LogP contribution is 2.34. The minimum absolute atomic E-state index is 0.113. The van der Waals surface area contributed by atoms with E-state index >= 15 is 0 Å². The Morgan fingerprint density at radius 3 is 2.75 bits per heavy atom. The van der Waals surface area contributed by atoms with Crippen molar-refractivity contribution in [2.75, 3.05) is 0 Å². The van der Waals surface area contributed by atoms with Crippen molar-refractivity contribution in [1.82, 2.24) is 29.7 Å². The molecule has 0 unspecified atom stereocenters. The molecular formula is C25H28N6O4S. The molecule has 1 amide bonds. The Bertz CT molecular complexity index is 1520. The highest BCUT2D eigenvalue weighted by molar-refractivity contribution is 7.89. The minimum atomic E-state index is -3.98. The van der Waals surface area contributed by atoms with Gasteiger partial charge in [0.15, 0.2) is 0 Å². The van der Waals surface area contributed by atoms with Crippen LogP contribution >= 0.6 is 0 Å². The number of nitrogens with zero attached hydrogens (tertiary/aromatic N) is 4. The van der Waals surface area contributed by atoms with Crippen molar-refractivity contribution < 1.29 is 17.7 Å². The molecule has 0 aliphatic heterocycles. The first-order valence-electron chi connectivity index (χ1n) is 11.8. The number of hydrogen-bond donors (Lipinski definition) is 2. The number of pyridine rings is 1. The van der Waals surface area contributed by atoms with Crippen LogP contribution < -0.4 is 10.0 Å². The average molecular weight is 509 g/mol. The van der Waals surface area contributed by atoms with Crippen LogP contribution in [-0.4, -0.2) is 40.1 Å². The molecule has 11 heteroatoms. The molecule has 188 valence electrons. The van der Waals surface area contributed by atoms with Gasteiger partial charge in [0, 0.05) is 42.6 Å². The fourth-order valence-corrected chi connectivity index (χ4v) is 6.50. The first kappa shape index (κ1) is 24.1. The van der Waals surface area contributed by atoms with Gasteiger partial charge in [0.1, 0.15) is 11.6 Å². The summed E-state index contributed by atoms with van der Waals surface area (Å²) in [6.45, 7) is 3.89. The van der Waals surface area contributed by atoms with E-state index in [0.29, 0.717) is 40.8 Å². The van der Waals surface area contributed by atoms with Crippen LogP contribution in [0, 0.1) is 19.8 Å². The van der Waals surface area contributed by atoms with Gasteiger partial charge in [-0.25, -0.2) is 18.1 Å². The number of rotatable bonds is 7. The maximum absolute atomic E-state index is 13.7. The number of aromatic nitrogens is 4. The van der Waals surface area contributed by atoms with Crippen molar-refractivity contribution >= 4 is 26.8 Å². The van der Waals surface area contributed by atoms with Crippen molar-refractivity contribution in [3.63, 3.8) is 0 Å². The number of aryl methyl sites for hydroxylation is 3. The van der Waals surface area contributed by atoms with Crippen molar-refractivity contribution in [2.45, 2.75) is 50.6 Å². The summed E-state index contributed by atoms with van der Waals surface area (Å²) in [4.78, 5) is 21.7. The van der Waals surface area contributed by atoms with Gasteiger partial charge in [-0.1, -0.05) is 11.6 Å². The molecule has 3 aromatic heterocycles. The van der Waals surface area contributed by atoms with Crippen molar-refractivity contribution in [1.29, 1.82) is 0 Å². The van der Waals surface area contributed by atoms with Crippen molar-refractivity contribution in [3.05, 3.63) is 60.1 Å². The predicted molar refractivity (Wildman–Crippen MR) is 133 cm³/mol. The van der Waals surface area contributed by atoms with Crippen LogP contribution in [0.15, 0.2) is 52.3 Å². The molecular weight excluding hydrogens is 480 g/mol. The van der Waals surface area contributed by atoms with E-state index < -0.39 is 22.0 Å². The van der Waals surface area contributed by atoms with E-state index in [2.05, 4.69) is 25.2 Å². The predicted octanol–water partition coefficient (Wildman–Crippen LogP) is 3.00. The summed E-state index contributed by atoms with van der Waals surface area (Å²) >= 11 is 0. The van der Waals surface area contributed by atoms with Gasteiger partial charge in [0.05, 0.1) is 28.6 Å². The summed E-state index contributed by atoms with van der Waals surface area (Å²) in [5, 5.41) is 7.42. The number of carbonyl (C=O) groups is 1. The number of fused-ring (bicyclic) bond motifs is 1. The van der Waals surface area contributed by atoms with Gasteiger partial charge in [-0.15, -0.1) is 0 Å². The van der Waals surface area contributed by atoms with Gasteiger partial charge in [0.25, 0.3) is 0 Å². The van der Waals surface area contributed by atoms with Crippen LogP contribution in [0.4, 0.5) is 0 Å². The molecule has 2 N–H and O–H groups in total. The molecule has 1 fully saturated rings. The molecule has 1 aromatic carbocycles. The minimum Gasteiger partial charge on any atom is -0.361 e. The SMILES string of the molecule is Cc1noc(C)c1-c1cc(S(=O)(=O)N[C@@H]2CCC[C@H]2C(=O)NCc2nccn2C)c2cccnc2c1. The summed E-state index contributed by atoms with van der Waals surface area (Å²) in [5.41, 5.74) is 2.62. The Labute approximate surface area is 209 Å². The summed E-state index contributed by atoms with van der Waals surface area (Å²) in [7, 11) is -2.12. The summed E-state index contributed by atoms with van der Waals surface area (Å²) in [6.07, 6.45) is 7.06. The molecule has 4 aromatic rings. The fraction of sp³-hybridized carbons (Fsp3) is 0.360. The summed E-state index contributed by atoms with van der Waals surface area (Å²) in [6, 6.07) is 6.40. The maximum Gasteiger partial charge on any atom is 0.241 e. The highest BCUT2D eigenvalue weighted by atomic mass is 32.2. The molecule has 2 atom stereocenters. The molecule has 5 rings (SSSR count). The second kappa shape index (κ2) is 9.47. The zero-order valence-corrected chi connectivity index (χ0v) is 21.2. The number of carbonyl (C=O) groups excluding carboxylic acids is 1. The Kier molecular flexibility index (Phi) is 6.35. The van der Waals surface area contributed by atoms with Gasteiger partial charge >= 0.3 is 0 Å². The van der Waals surface area contributed by atoms with Crippen LogP contribution in [-0.2, 0) is 28.4 Å². The lowest BCUT2D eigenvalue weighted by atomic mass is 10.0. The normalized spacial score (nSPS) is 18.1. The number of hydrogen-bond acceptors (Lipinski definition) is 7. The lowest BCUT2D eigenvalue weighted by molar-refractivity contribution is -0.125. The third kappa shape index (κ3) is 4.51. The Hall–Kier alpha value is -3.57. The van der Waals surface area contributed by atoms with Gasteiger partial charge in [0.2, 0.25) is 15.9 Å². The van der Waals surface area contributed by atoms with E-state index in [1.165, 1.54) is 0 Å². The average Bonchev–Trinajstić information content (AvgIpc) is 3.57. The van der Waals surface area contributed by atoms with E-state index in [9.17, 15) is 13.2 Å². The molecule has 0 radical (unpaired) electrons. The molecule has 1 aliphatic carbocycles.